The van der Waals surface area contributed by atoms with E-state index in [1.54, 1.807) is 12.1 Å². The van der Waals surface area contributed by atoms with Gasteiger partial charge in [-0.25, -0.2) is 0 Å². The van der Waals surface area contributed by atoms with Crippen LogP contribution in [0.2, 0.25) is 0 Å². The van der Waals surface area contributed by atoms with E-state index in [4.69, 9.17) is 9.90 Å². The second-order valence-corrected chi connectivity index (χ2v) is 2.52. The van der Waals surface area contributed by atoms with Crippen LogP contribution in [0.5, 0.6) is 0 Å². The number of fused-ring (bicyclic) bond motifs is 1. The van der Waals surface area contributed by atoms with Crippen LogP contribution in [-0.4, -0.2) is 21.8 Å². The van der Waals surface area contributed by atoms with Crippen LogP contribution in [0.25, 0.3) is 10.9 Å². The smallest absolute Gasteiger partial charge is 0.290 e. The molecule has 1 aromatic heterocycles. The van der Waals surface area contributed by atoms with Crippen LogP contribution in [0.4, 0.5) is 0 Å². The fourth-order valence-corrected chi connectivity index (χ4v) is 1.06. The lowest BCUT2D eigenvalue weighted by atomic mass is 10.2. The van der Waals surface area contributed by atoms with E-state index in [1.165, 1.54) is 12.3 Å². The van der Waals surface area contributed by atoms with Crippen molar-refractivity contribution >= 4 is 17.4 Å². The van der Waals surface area contributed by atoms with Crippen LogP contribution < -0.4 is 5.43 Å². The highest BCUT2D eigenvalue weighted by atomic mass is 16.3. The summed E-state index contributed by atoms with van der Waals surface area (Å²) in [6.07, 6.45) is 1.41. The van der Waals surface area contributed by atoms with Gasteiger partial charge in [-0.15, -0.1) is 0 Å². The zero-order valence-corrected chi connectivity index (χ0v) is 7.70. The molecular weight excluding hydrogens is 196 g/mol. The third kappa shape index (κ3) is 2.84. The molecule has 0 atom stereocenters. The molecule has 0 unspecified atom stereocenters. The zero-order chi connectivity index (χ0) is 11.1. The van der Waals surface area contributed by atoms with Crippen LogP contribution in [0.1, 0.15) is 0 Å². The molecule has 15 heavy (non-hydrogen) atoms. The molecule has 1 aromatic carbocycles. The third-order valence-corrected chi connectivity index (χ3v) is 1.63. The Bertz CT molecular complexity index is 514. The summed E-state index contributed by atoms with van der Waals surface area (Å²) in [5, 5.41) is 15.0. The summed E-state index contributed by atoms with van der Waals surface area (Å²) in [6.45, 7) is -0.250. The Morgan fingerprint density at radius 1 is 1.20 bits per heavy atom. The summed E-state index contributed by atoms with van der Waals surface area (Å²) in [4.78, 5) is 19.7. The average molecular weight is 204 g/mol. The molecular formula is C10H8N2O3. The van der Waals surface area contributed by atoms with Crippen LogP contribution in [-0.2, 0) is 4.79 Å². The largest absolute Gasteiger partial charge is 0.483 e. The molecule has 0 aliphatic rings. The molecule has 0 aliphatic heterocycles. The zero-order valence-electron chi connectivity index (χ0n) is 7.70. The van der Waals surface area contributed by atoms with Crippen molar-refractivity contribution in [3.05, 3.63) is 46.8 Å². The first-order valence-electron chi connectivity index (χ1n) is 4.08. The average Bonchev–Trinajstić information content (AvgIpc) is 2.43. The summed E-state index contributed by atoms with van der Waals surface area (Å²) in [7, 11) is 0. The van der Waals surface area contributed by atoms with Gasteiger partial charge in [0.2, 0.25) is 0 Å². The topological polar surface area (TPSA) is 80.1 Å². The summed E-state index contributed by atoms with van der Waals surface area (Å²) < 4.78 is 0. The van der Waals surface area contributed by atoms with Gasteiger partial charge in [-0.2, -0.15) is 10.2 Å². The van der Waals surface area contributed by atoms with Gasteiger partial charge < -0.3 is 5.11 Å². The molecule has 0 bridgehead atoms. The molecule has 0 aliphatic carbocycles. The first-order valence-corrected chi connectivity index (χ1v) is 4.08. The van der Waals surface area contributed by atoms with Crippen molar-refractivity contribution in [1.82, 2.24) is 10.2 Å². The lowest BCUT2D eigenvalue weighted by Gasteiger charge is -1.84. The summed E-state index contributed by atoms with van der Waals surface area (Å²) in [5.41, 5.74) is 0.586. The number of carboxylic acid groups (broad SMARTS) is 1. The van der Waals surface area contributed by atoms with Crippen molar-refractivity contribution in [1.29, 1.82) is 0 Å². The Morgan fingerprint density at radius 2 is 1.87 bits per heavy atom. The standard InChI is InChI=1S/C9H6N2O.CH2O2/c12-9-5-6-10-11-8-4-2-1-3-7(8)9;2-1-3/h1-6H;1H,(H,2,3). The van der Waals surface area contributed by atoms with Crippen molar-refractivity contribution in [3.8, 4) is 0 Å². The number of hydrogen-bond donors (Lipinski definition) is 1. The highest BCUT2D eigenvalue weighted by Crippen LogP contribution is 2.01. The molecule has 5 heteroatoms. The fraction of sp³-hybridized carbons (Fsp3) is 0. The van der Waals surface area contributed by atoms with Crippen molar-refractivity contribution in [2.45, 2.75) is 0 Å². The van der Waals surface area contributed by atoms with E-state index in [0.29, 0.717) is 10.9 Å². The number of benzene rings is 1. The maximum atomic E-state index is 11.3. The SMILES string of the molecule is O=CO.O=c1ccnnc2ccccc12. The van der Waals surface area contributed by atoms with E-state index in [0.717, 1.165) is 0 Å². The molecule has 5 nitrogen and oxygen atoms in total. The van der Waals surface area contributed by atoms with Crippen molar-refractivity contribution in [3.63, 3.8) is 0 Å². The number of hydrogen-bond acceptors (Lipinski definition) is 4. The van der Waals surface area contributed by atoms with Gasteiger partial charge in [0, 0.05) is 11.5 Å². The monoisotopic (exact) mass is 204 g/mol. The Morgan fingerprint density at radius 3 is 2.60 bits per heavy atom. The molecule has 0 fully saturated rings. The van der Waals surface area contributed by atoms with Gasteiger partial charge >= 0.3 is 0 Å². The number of nitrogens with zero attached hydrogens (tertiary/aromatic N) is 2. The second-order valence-electron chi connectivity index (χ2n) is 2.52. The molecule has 1 N–H and O–H groups in total. The summed E-state index contributed by atoms with van der Waals surface area (Å²) >= 11 is 0. The number of aromatic nitrogens is 2. The normalized spacial score (nSPS) is 8.80. The van der Waals surface area contributed by atoms with Gasteiger partial charge in [-0.1, -0.05) is 12.1 Å². The van der Waals surface area contributed by atoms with Gasteiger partial charge in [0.15, 0.2) is 5.43 Å². The maximum Gasteiger partial charge on any atom is 0.290 e. The number of rotatable bonds is 0. The molecule has 0 spiro atoms. The summed E-state index contributed by atoms with van der Waals surface area (Å²) in [5.74, 6) is 0. The highest BCUT2D eigenvalue weighted by molar-refractivity contribution is 5.76. The van der Waals surface area contributed by atoms with Gasteiger partial charge in [-0.3, -0.25) is 9.59 Å². The number of carbonyl (C=O) groups is 1. The molecule has 1 heterocycles. The maximum absolute atomic E-state index is 11.3. The van der Waals surface area contributed by atoms with Crippen molar-refractivity contribution in [2.24, 2.45) is 0 Å². The lowest BCUT2D eigenvalue weighted by Crippen LogP contribution is -1.93. The van der Waals surface area contributed by atoms with Gasteiger partial charge in [0.1, 0.15) is 0 Å². The first-order chi connectivity index (χ1) is 7.29. The Hall–Kier alpha value is -2.30. The minimum absolute atomic E-state index is 0.0457. The first kappa shape index (κ1) is 10.8. The quantitative estimate of drug-likeness (QED) is 0.638. The van der Waals surface area contributed by atoms with E-state index in [1.807, 2.05) is 12.1 Å². The van der Waals surface area contributed by atoms with E-state index in [-0.39, 0.29) is 11.9 Å². The van der Waals surface area contributed by atoms with Crippen LogP contribution in [0, 0.1) is 0 Å². The molecule has 76 valence electrons. The van der Waals surface area contributed by atoms with Crippen LogP contribution in [0.15, 0.2) is 41.3 Å². The Kier molecular flexibility index (Phi) is 3.91. The molecule has 0 saturated carbocycles. The Balaban J connectivity index is 0.000000337. The molecule has 0 saturated heterocycles. The van der Waals surface area contributed by atoms with E-state index in [9.17, 15) is 4.79 Å². The molecule has 2 rings (SSSR count). The molecule has 0 radical (unpaired) electrons. The highest BCUT2D eigenvalue weighted by Gasteiger charge is 1.93. The second kappa shape index (κ2) is 5.43. The Labute approximate surface area is 85.0 Å². The third-order valence-electron chi connectivity index (χ3n) is 1.63. The van der Waals surface area contributed by atoms with Gasteiger partial charge in [-0.05, 0) is 12.1 Å². The van der Waals surface area contributed by atoms with Crippen LogP contribution in [0.3, 0.4) is 0 Å². The van der Waals surface area contributed by atoms with Gasteiger partial charge in [0.25, 0.3) is 6.47 Å². The van der Waals surface area contributed by atoms with E-state index in [2.05, 4.69) is 10.2 Å². The van der Waals surface area contributed by atoms with Crippen molar-refractivity contribution < 1.29 is 9.90 Å². The van der Waals surface area contributed by atoms with E-state index >= 15 is 0 Å². The minimum Gasteiger partial charge on any atom is -0.483 e. The predicted molar refractivity (Wildman–Crippen MR) is 54.5 cm³/mol. The molecule has 0 amide bonds. The van der Waals surface area contributed by atoms with Crippen molar-refractivity contribution in [2.75, 3.05) is 0 Å². The lowest BCUT2D eigenvalue weighted by molar-refractivity contribution is -0.122. The van der Waals surface area contributed by atoms with E-state index < -0.39 is 0 Å². The fourth-order valence-electron chi connectivity index (χ4n) is 1.06. The predicted octanol–water partition coefficient (Wildman–Crippen LogP) is 0.691. The minimum atomic E-state index is -0.250. The summed E-state index contributed by atoms with van der Waals surface area (Å²) in [6, 6.07) is 8.56. The van der Waals surface area contributed by atoms with Gasteiger partial charge in [0.05, 0.1) is 11.7 Å². The molecule has 2 aromatic rings. The van der Waals surface area contributed by atoms with Crippen LogP contribution >= 0.6 is 0 Å².